The molecule has 0 saturated carbocycles. The van der Waals surface area contributed by atoms with Gasteiger partial charge >= 0.3 is 0 Å². The lowest BCUT2D eigenvalue weighted by Gasteiger charge is -2.31. The third-order valence-electron chi connectivity index (χ3n) is 5.19. The van der Waals surface area contributed by atoms with Crippen molar-refractivity contribution in [3.63, 3.8) is 0 Å². The van der Waals surface area contributed by atoms with E-state index in [-0.39, 0.29) is 16.8 Å². The minimum Gasteiger partial charge on any atom is -0.497 e. The molecule has 0 bridgehead atoms. The first-order valence-corrected chi connectivity index (χ1v) is 11.6. The minimum atomic E-state index is -3.51. The Morgan fingerprint density at radius 3 is 2.43 bits per heavy atom. The van der Waals surface area contributed by atoms with E-state index in [4.69, 9.17) is 4.74 Å². The monoisotopic (exact) mass is 412 g/mol. The number of nitrogens with one attached hydrogen (secondary N) is 2. The molecule has 1 aliphatic heterocycles. The Morgan fingerprint density at radius 1 is 1.21 bits per heavy atom. The zero-order valence-electron chi connectivity index (χ0n) is 17.2. The van der Waals surface area contributed by atoms with Crippen molar-refractivity contribution in [2.24, 2.45) is 0 Å². The summed E-state index contributed by atoms with van der Waals surface area (Å²) in [5, 5.41) is 3.06. The number of amides is 1. The molecule has 0 unspecified atom stereocenters. The first-order valence-electron chi connectivity index (χ1n) is 10.1. The molecule has 1 atom stereocenters. The molecule has 1 heterocycles. The average Bonchev–Trinajstić information content (AvgIpc) is 2.68. The number of nitrogens with zero attached hydrogens (tertiary/aromatic N) is 1. The third-order valence-corrected chi connectivity index (χ3v) is 7.10. The number of ether oxygens (including phenoxy) is 1. The molecule has 1 amide bonds. The van der Waals surface area contributed by atoms with Gasteiger partial charge in [0.2, 0.25) is 10.0 Å². The summed E-state index contributed by atoms with van der Waals surface area (Å²) in [7, 11) is -1.96. The first kappa shape index (κ1) is 22.6. The van der Waals surface area contributed by atoms with E-state index in [1.165, 1.54) is 17.1 Å². The van der Waals surface area contributed by atoms with Crippen molar-refractivity contribution in [1.82, 2.24) is 9.62 Å². The van der Waals surface area contributed by atoms with Gasteiger partial charge in [0.25, 0.3) is 5.91 Å². The predicted molar refractivity (Wildman–Crippen MR) is 109 cm³/mol. The molecule has 0 spiro atoms. The highest BCUT2D eigenvalue weighted by Gasteiger charge is 2.31. The molecule has 2 rings (SSSR count). The molecule has 28 heavy (non-hydrogen) atoms. The van der Waals surface area contributed by atoms with Gasteiger partial charge in [0.15, 0.2) is 6.54 Å². The Bertz CT molecular complexity index is 713. The van der Waals surface area contributed by atoms with Crippen LogP contribution in [-0.2, 0) is 14.8 Å². The number of carbonyl (C=O) groups is 1. The Balaban J connectivity index is 1.80. The van der Waals surface area contributed by atoms with E-state index in [9.17, 15) is 13.2 Å². The molecular formula is C20H34N3O4S+. The van der Waals surface area contributed by atoms with E-state index in [1.807, 2.05) is 6.92 Å². The van der Waals surface area contributed by atoms with Crippen LogP contribution in [0.3, 0.4) is 0 Å². The third kappa shape index (κ3) is 6.46. The maximum atomic E-state index is 12.8. The molecule has 1 aliphatic rings. The van der Waals surface area contributed by atoms with Gasteiger partial charge in [0.1, 0.15) is 5.75 Å². The molecule has 158 valence electrons. The fourth-order valence-electron chi connectivity index (χ4n) is 3.44. The standard InChI is InChI=1S/C20H33N3O4S/c1-4-5-6-7-17(2)21-20(24)16-22-12-14-23(15-13-22)28(25,26)19-10-8-18(27-3)9-11-19/h8-11,17H,4-7,12-16H2,1-3H3,(H,21,24)/p+1/t17-/m0/s1. The average molecular weight is 413 g/mol. The second-order valence-electron chi connectivity index (χ2n) is 7.47. The molecule has 1 fully saturated rings. The highest BCUT2D eigenvalue weighted by Crippen LogP contribution is 2.19. The lowest BCUT2D eigenvalue weighted by molar-refractivity contribution is -0.895. The number of rotatable bonds is 10. The highest BCUT2D eigenvalue weighted by atomic mass is 32.2. The van der Waals surface area contributed by atoms with Crippen molar-refractivity contribution >= 4 is 15.9 Å². The van der Waals surface area contributed by atoms with Gasteiger partial charge in [0.05, 0.1) is 38.2 Å². The number of sulfonamides is 1. The summed E-state index contributed by atoms with van der Waals surface area (Å²) < 4.78 is 32.2. The van der Waals surface area contributed by atoms with Crippen LogP contribution < -0.4 is 15.0 Å². The normalized spacial score (nSPS) is 17.2. The van der Waals surface area contributed by atoms with Gasteiger partial charge in [0, 0.05) is 6.04 Å². The number of carbonyl (C=O) groups excluding carboxylic acids is 1. The minimum absolute atomic E-state index is 0.0467. The molecule has 0 aromatic heterocycles. The first-order chi connectivity index (χ1) is 13.4. The van der Waals surface area contributed by atoms with Crippen LogP contribution >= 0.6 is 0 Å². The molecular weight excluding hydrogens is 378 g/mol. The van der Waals surface area contributed by atoms with Gasteiger partial charge in [-0.25, -0.2) is 8.42 Å². The van der Waals surface area contributed by atoms with Gasteiger partial charge in [-0.05, 0) is 37.6 Å². The number of methoxy groups -OCH3 is 1. The highest BCUT2D eigenvalue weighted by molar-refractivity contribution is 7.89. The number of unbranched alkanes of at least 4 members (excludes halogenated alkanes) is 2. The number of piperazine rings is 1. The second-order valence-corrected chi connectivity index (χ2v) is 9.41. The molecule has 0 radical (unpaired) electrons. The lowest BCUT2D eigenvalue weighted by Crippen LogP contribution is -3.15. The molecule has 1 saturated heterocycles. The van der Waals surface area contributed by atoms with E-state index < -0.39 is 10.0 Å². The van der Waals surface area contributed by atoms with Crippen LogP contribution in [0.2, 0.25) is 0 Å². The quantitative estimate of drug-likeness (QED) is 0.554. The topological polar surface area (TPSA) is 80.2 Å². The second kappa shape index (κ2) is 10.8. The maximum Gasteiger partial charge on any atom is 0.275 e. The van der Waals surface area contributed by atoms with Gasteiger partial charge in [-0.3, -0.25) is 4.79 Å². The summed E-state index contributed by atoms with van der Waals surface area (Å²) in [6.07, 6.45) is 4.50. The summed E-state index contributed by atoms with van der Waals surface area (Å²) >= 11 is 0. The Labute approximate surface area is 169 Å². The number of benzene rings is 1. The lowest BCUT2D eigenvalue weighted by atomic mass is 10.1. The van der Waals surface area contributed by atoms with Gasteiger partial charge in [-0.2, -0.15) is 4.31 Å². The van der Waals surface area contributed by atoms with Crippen LogP contribution in [-0.4, -0.2) is 64.5 Å². The predicted octanol–water partition coefficient (Wildman–Crippen LogP) is 0.669. The summed E-state index contributed by atoms with van der Waals surface area (Å²) in [6, 6.07) is 6.64. The molecule has 0 aliphatic carbocycles. The van der Waals surface area contributed by atoms with Gasteiger partial charge < -0.3 is 15.0 Å². The zero-order valence-corrected chi connectivity index (χ0v) is 18.1. The Morgan fingerprint density at radius 2 is 1.86 bits per heavy atom. The summed E-state index contributed by atoms with van der Waals surface area (Å²) in [4.78, 5) is 13.6. The SMILES string of the molecule is CCCCC[C@H](C)NC(=O)C[NH+]1CCN(S(=O)(=O)c2ccc(OC)cc2)CC1. The van der Waals surface area contributed by atoms with Gasteiger partial charge in [-0.1, -0.05) is 26.2 Å². The van der Waals surface area contributed by atoms with Crippen molar-refractivity contribution in [2.45, 2.75) is 50.5 Å². The van der Waals surface area contributed by atoms with E-state index in [2.05, 4.69) is 12.2 Å². The smallest absolute Gasteiger partial charge is 0.275 e. The molecule has 1 aromatic rings. The molecule has 1 aromatic carbocycles. The van der Waals surface area contributed by atoms with Crippen molar-refractivity contribution in [2.75, 3.05) is 39.8 Å². The fourth-order valence-corrected chi connectivity index (χ4v) is 4.88. The Hall–Kier alpha value is -1.64. The van der Waals surface area contributed by atoms with Crippen LogP contribution in [0.25, 0.3) is 0 Å². The van der Waals surface area contributed by atoms with Crippen LogP contribution in [0.1, 0.15) is 39.5 Å². The zero-order chi connectivity index (χ0) is 20.6. The number of hydrogen-bond acceptors (Lipinski definition) is 4. The molecule has 8 heteroatoms. The largest absolute Gasteiger partial charge is 0.497 e. The number of hydrogen-bond donors (Lipinski definition) is 2. The van der Waals surface area contributed by atoms with Gasteiger partial charge in [-0.15, -0.1) is 0 Å². The van der Waals surface area contributed by atoms with Crippen molar-refractivity contribution in [3.05, 3.63) is 24.3 Å². The van der Waals surface area contributed by atoms with E-state index in [0.717, 1.165) is 17.7 Å². The van der Waals surface area contributed by atoms with E-state index in [1.54, 1.807) is 31.4 Å². The van der Waals surface area contributed by atoms with Crippen LogP contribution in [0.4, 0.5) is 0 Å². The van der Waals surface area contributed by atoms with Crippen molar-refractivity contribution in [3.8, 4) is 5.75 Å². The van der Waals surface area contributed by atoms with Crippen molar-refractivity contribution < 1.29 is 22.8 Å². The van der Waals surface area contributed by atoms with E-state index in [0.29, 0.717) is 38.5 Å². The number of quaternary nitrogens is 1. The molecule has 7 nitrogen and oxygen atoms in total. The summed E-state index contributed by atoms with van der Waals surface area (Å²) in [5.41, 5.74) is 0. The van der Waals surface area contributed by atoms with Crippen molar-refractivity contribution in [1.29, 1.82) is 0 Å². The maximum absolute atomic E-state index is 12.8. The van der Waals surface area contributed by atoms with Crippen LogP contribution in [0, 0.1) is 0 Å². The van der Waals surface area contributed by atoms with E-state index >= 15 is 0 Å². The summed E-state index contributed by atoms with van der Waals surface area (Å²) in [5.74, 6) is 0.675. The van der Waals surface area contributed by atoms with Crippen LogP contribution in [0.5, 0.6) is 5.75 Å². The fraction of sp³-hybridized carbons (Fsp3) is 0.650. The van der Waals surface area contributed by atoms with Crippen LogP contribution in [0.15, 0.2) is 29.2 Å². The summed E-state index contributed by atoms with van der Waals surface area (Å²) in [6.45, 7) is 6.71. The Kier molecular flexibility index (Phi) is 8.72. The molecule has 2 N–H and O–H groups in total.